The lowest BCUT2D eigenvalue weighted by molar-refractivity contribution is -0.0664. The van der Waals surface area contributed by atoms with Gasteiger partial charge in [-0.05, 0) is 12.0 Å². The number of aliphatic hydroxyl groups is 3. The molecule has 17 heavy (non-hydrogen) atoms. The fourth-order valence-corrected chi connectivity index (χ4v) is 2.39. The molecule has 4 atom stereocenters. The third-order valence-electron chi connectivity index (χ3n) is 3.45. The van der Waals surface area contributed by atoms with Gasteiger partial charge in [-0.25, -0.2) is 0 Å². The molecule has 0 spiro atoms. The zero-order valence-electron chi connectivity index (χ0n) is 9.66. The predicted molar refractivity (Wildman–Crippen MR) is 64.5 cm³/mol. The second-order valence-corrected chi connectivity index (χ2v) is 4.61. The Labute approximate surface area is 101 Å². The van der Waals surface area contributed by atoms with Gasteiger partial charge >= 0.3 is 0 Å². The van der Waals surface area contributed by atoms with Gasteiger partial charge in [0.05, 0.1) is 12.2 Å². The molecule has 1 aromatic rings. The van der Waals surface area contributed by atoms with Crippen LogP contribution in [0, 0.1) is 5.92 Å². The monoisotopic (exact) mass is 237 g/mol. The first kappa shape index (κ1) is 12.5. The van der Waals surface area contributed by atoms with E-state index < -0.39 is 12.2 Å². The Balaban J connectivity index is 2.05. The minimum Gasteiger partial charge on any atom is -0.396 e. The maximum Gasteiger partial charge on any atom is 0.0927 e. The molecule has 0 bridgehead atoms. The van der Waals surface area contributed by atoms with Crippen LogP contribution in [-0.2, 0) is 6.42 Å². The second kappa shape index (κ2) is 5.60. The smallest absolute Gasteiger partial charge is 0.0927 e. The highest BCUT2D eigenvalue weighted by Crippen LogP contribution is 2.20. The average Bonchev–Trinajstić information content (AvgIpc) is 2.36. The molecule has 0 saturated carbocycles. The van der Waals surface area contributed by atoms with Crippen molar-refractivity contribution in [2.24, 2.45) is 5.92 Å². The van der Waals surface area contributed by atoms with Crippen molar-refractivity contribution in [3.63, 3.8) is 0 Å². The van der Waals surface area contributed by atoms with Crippen LogP contribution < -0.4 is 5.32 Å². The summed E-state index contributed by atoms with van der Waals surface area (Å²) in [7, 11) is 0. The zero-order valence-corrected chi connectivity index (χ0v) is 9.66. The van der Waals surface area contributed by atoms with Crippen LogP contribution in [0.25, 0.3) is 0 Å². The Morgan fingerprint density at radius 1 is 1.18 bits per heavy atom. The zero-order chi connectivity index (χ0) is 12.3. The van der Waals surface area contributed by atoms with Crippen molar-refractivity contribution < 1.29 is 15.3 Å². The van der Waals surface area contributed by atoms with Gasteiger partial charge in [-0.1, -0.05) is 30.3 Å². The lowest BCUT2D eigenvalue weighted by Gasteiger charge is -2.38. The molecule has 1 aliphatic heterocycles. The first-order valence-corrected chi connectivity index (χ1v) is 5.96. The number of β-amino-alcohol motifs (C(OH)–C–C–N with tert-alkyl or cyclic N) is 1. The Morgan fingerprint density at radius 3 is 2.53 bits per heavy atom. The van der Waals surface area contributed by atoms with Crippen molar-refractivity contribution in [3.05, 3.63) is 35.9 Å². The highest BCUT2D eigenvalue weighted by Gasteiger charge is 2.36. The summed E-state index contributed by atoms with van der Waals surface area (Å²) >= 11 is 0. The number of aliphatic hydroxyl groups excluding tert-OH is 3. The van der Waals surface area contributed by atoms with E-state index >= 15 is 0 Å². The molecule has 94 valence electrons. The van der Waals surface area contributed by atoms with Gasteiger partial charge in [0.1, 0.15) is 0 Å². The van der Waals surface area contributed by atoms with Crippen LogP contribution in [-0.4, -0.2) is 46.7 Å². The lowest BCUT2D eigenvalue weighted by atomic mass is 9.84. The molecule has 2 rings (SSSR count). The summed E-state index contributed by atoms with van der Waals surface area (Å²) in [5.74, 6) is -0.320. The molecule has 0 aliphatic carbocycles. The first-order chi connectivity index (χ1) is 8.22. The minimum atomic E-state index is -0.852. The summed E-state index contributed by atoms with van der Waals surface area (Å²) in [6.07, 6.45) is -0.898. The van der Waals surface area contributed by atoms with Crippen LogP contribution in [0.3, 0.4) is 0 Å². The molecule has 1 fully saturated rings. The van der Waals surface area contributed by atoms with E-state index in [-0.39, 0.29) is 18.6 Å². The number of benzene rings is 1. The van der Waals surface area contributed by atoms with Gasteiger partial charge < -0.3 is 20.6 Å². The van der Waals surface area contributed by atoms with Gasteiger partial charge in [0.25, 0.3) is 0 Å². The van der Waals surface area contributed by atoms with E-state index in [0.29, 0.717) is 6.54 Å². The molecular formula is C13H19NO3. The van der Waals surface area contributed by atoms with Crippen molar-refractivity contribution in [2.45, 2.75) is 24.7 Å². The van der Waals surface area contributed by atoms with Crippen LogP contribution in [0.2, 0.25) is 0 Å². The Bertz CT molecular complexity index is 344. The Morgan fingerprint density at radius 2 is 1.88 bits per heavy atom. The second-order valence-electron chi connectivity index (χ2n) is 4.61. The van der Waals surface area contributed by atoms with E-state index in [4.69, 9.17) is 0 Å². The van der Waals surface area contributed by atoms with Gasteiger partial charge in [-0.3, -0.25) is 0 Å². The predicted octanol–water partition coefficient (Wildman–Crippen LogP) is -0.469. The van der Waals surface area contributed by atoms with Crippen LogP contribution in [0.15, 0.2) is 30.3 Å². The number of hydrogen-bond donors (Lipinski definition) is 4. The summed E-state index contributed by atoms with van der Waals surface area (Å²) in [5.41, 5.74) is 1.16. The van der Waals surface area contributed by atoms with E-state index in [0.717, 1.165) is 12.0 Å². The average molecular weight is 237 g/mol. The van der Waals surface area contributed by atoms with Gasteiger partial charge in [0, 0.05) is 25.1 Å². The molecule has 0 aromatic heterocycles. The molecule has 4 heteroatoms. The van der Waals surface area contributed by atoms with Crippen LogP contribution >= 0.6 is 0 Å². The van der Waals surface area contributed by atoms with E-state index in [1.807, 2.05) is 30.3 Å². The summed E-state index contributed by atoms with van der Waals surface area (Å²) in [4.78, 5) is 0. The molecule has 1 heterocycles. The third-order valence-corrected chi connectivity index (χ3v) is 3.45. The molecule has 1 saturated heterocycles. The summed E-state index contributed by atoms with van der Waals surface area (Å²) < 4.78 is 0. The first-order valence-electron chi connectivity index (χ1n) is 5.96. The highest BCUT2D eigenvalue weighted by atomic mass is 16.3. The quantitative estimate of drug-likeness (QED) is 0.573. The SMILES string of the molecule is OCC1C(Cc2ccccc2)NCC(O)C1O. The highest BCUT2D eigenvalue weighted by molar-refractivity contribution is 5.16. The fourth-order valence-electron chi connectivity index (χ4n) is 2.39. The van der Waals surface area contributed by atoms with Crippen molar-refractivity contribution in [1.82, 2.24) is 5.32 Å². The normalized spacial score (nSPS) is 33.6. The van der Waals surface area contributed by atoms with E-state index in [1.165, 1.54) is 0 Å². The lowest BCUT2D eigenvalue weighted by Crippen LogP contribution is -2.58. The topological polar surface area (TPSA) is 72.7 Å². The van der Waals surface area contributed by atoms with Crippen molar-refractivity contribution in [1.29, 1.82) is 0 Å². The Hall–Kier alpha value is -0.940. The minimum absolute atomic E-state index is 0.000741. The molecule has 0 amide bonds. The van der Waals surface area contributed by atoms with E-state index in [1.54, 1.807) is 0 Å². The van der Waals surface area contributed by atoms with E-state index in [2.05, 4.69) is 5.32 Å². The molecule has 4 nitrogen and oxygen atoms in total. The van der Waals surface area contributed by atoms with Gasteiger partial charge in [0.15, 0.2) is 0 Å². The van der Waals surface area contributed by atoms with Crippen LogP contribution in [0.5, 0.6) is 0 Å². The number of piperidine rings is 1. The molecule has 4 unspecified atom stereocenters. The summed E-state index contributed by atoms with van der Waals surface area (Å²) in [5, 5.41) is 31.9. The number of hydrogen-bond acceptors (Lipinski definition) is 4. The molecule has 1 aromatic carbocycles. The molecule has 1 aliphatic rings. The molecule has 4 N–H and O–H groups in total. The van der Waals surface area contributed by atoms with E-state index in [9.17, 15) is 15.3 Å². The van der Waals surface area contributed by atoms with Crippen molar-refractivity contribution in [2.75, 3.05) is 13.2 Å². The van der Waals surface area contributed by atoms with Crippen LogP contribution in [0.1, 0.15) is 5.56 Å². The van der Waals surface area contributed by atoms with Gasteiger partial charge in [-0.15, -0.1) is 0 Å². The number of nitrogens with one attached hydrogen (secondary N) is 1. The number of rotatable bonds is 3. The van der Waals surface area contributed by atoms with Gasteiger partial charge in [-0.2, -0.15) is 0 Å². The van der Waals surface area contributed by atoms with Crippen LogP contribution in [0.4, 0.5) is 0 Å². The molecule has 0 radical (unpaired) electrons. The summed E-state index contributed by atoms with van der Waals surface area (Å²) in [6.45, 7) is 0.248. The van der Waals surface area contributed by atoms with Gasteiger partial charge in [0.2, 0.25) is 0 Å². The standard InChI is InChI=1S/C13H19NO3/c15-8-10-11(14-7-12(16)13(10)17)6-9-4-2-1-3-5-9/h1-5,10-17H,6-8H2. The summed E-state index contributed by atoms with van der Waals surface area (Å²) in [6, 6.07) is 9.94. The largest absolute Gasteiger partial charge is 0.396 e. The van der Waals surface area contributed by atoms with Crippen molar-refractivity contribution in [3.8, 4) is 0 Å². The third kappa shape index (κ3) is 2.84. The maximum absolute atomic E-state index is 9.84. The maximum atomic E-state index is 9.84. The molecular weight excluding hydrogens is 218 g/mol. The Kier molecular flexibility index (Phi) is 4.12. The fraction of sp³-hybridized carbons (Fsp3) is 0.538. The van der Waals surface area contributed by atoms with Crippen molar-refractivity contribution >= 4 is 0 Å².